The van der Waals surface area contributed by atoms with Crippen LogP contribution in [-0.4, -0.2) is 50.0 Å². The van der Waals surface area contributed by atoms with Crippen molar-refractivity contribution >= 4 is 61.5 Å². The lowest BCUT2D eigenvalue weighted by molar-refractivity contribution is -0.140. The number of benzene rings is 4. The van der Waals surface area contributed by atoms with Crippen LogP contribution in [0, 0.1) is 0 Å². The number of halogens is 2. The van der Waals surface area contributed by atoms with Crippen LogP contribution in [-0.2, 0) is 32.6 Å². The number of carbonyl (C=O) groups is 2. The molecule has 1 N–H and O–H groups in total. The van der Waals surface area contributed by atoms with Crippen molar-refractivity contribution in [1.29, 1.82) is 0 Å². The zero-order valence-corrected chi connectivity index (χ0v) is 27.5. The van der Waals surface area contributed by atoms with Crippen molar-refractivity contribution in [3.8, 4) is 0 Å². The molecule has 5 rings (SSSR count). The molecular weight excluding hydrogens is 629 g/mol. The maximum Gasteiger partial charge on any atom is 0.244 e. The van der Waals surface area contributed by atoms with Crippen molar-refractivity contribution in [3.63, 3.8) is 0 Å². The summed E-state index contributed by atoms with van der Waals surface area (Å²) in [5.41, 5.74) is 1.93. The predicted octanol–water partition coefficient (Wildman–Crippen LogP) is 7.00. The smallest absolute Gasteiger partial charge is 0.244 e. The van der Waals surface area contributed by atoms with Crippen LogP contribution in [0.2, 0.25) is 10.0 Å². The van der Waals surface area contributed by atoms with Crippen molar-refractivity contribution in [2.24, 2.45) is 0 Å². The number of nitrogens with zero attached hydrogens (tertiary/aromatic N) is 2. The molecule has 1 fully saturated rings. The van der Waals surface area contributed by atoms with E-state index in [4.69, 9.17) is 23.2 Å². The molecule has 45 heavy (non-hydrogen) atoms. The van der Waals surface area contributed by atoms with E-state index in [-0.39, 0.29) is 24.9 Å². The van der Waals surface area contributed by atoms with Crippen LogP contribution >= 0.6 is 23.2 Å². The molecule has 0 saturated heterocycles. The highest BCUT2D eigenvalue weighted by Gasteiger charge is 2.34. The number of anilines is 1. The average Bonchev–Trinajstić information content (AvgIpc) is 3.03. The molecule has 0 heterocycles. The molecule has 1 atom stereocenters. The second kappa shape index (κ2) is 14.7. The molecule has 4 aromatic carbocycles. The van der Waals surface area contributed by atoms with E-state index >= 15 is 0 Å². The van der Waals surface area contributed by atoms with Gasteiger partial charge in [0, 0.05) is 24.4 Å². The maximum atomic E-state index is 14.5. The second-order valence-electron chi connectivity index (χ2n) is 11.6. The second-order valence-corrected chi connectivity index (χ2v) is 14.3. The number of sulfonamides is 1. The topological polar surface area (TPSA) is 86.8 Å². The van der Waals surface area contributed by atoms with Gasteiger partial charge in [-0.1, -0.05) is 115 Å². The van der Waals surface area contributed by atoms with Crippen LogP contribution in [0.4, 0.5) is 5.69 Å². The zero-order chi connectivity index (χ0) is 32.0. The summed E-state index contributed by atoms with van der Waals surface area (Å²) in [4.78, 5) is 30.1. The highest BCUT2D eigenvalue weighted by molar-refractivity contribution is 7.92. The lowest BCUT2D eigenvalue weighted by Gasteiger charge is -2.35. The summed E-state index contributed by atoms with van der Waals surface area (Å²) in [5.74, 6) is -0.783. The Balaban J connectivity index is 1.55. The highest BCUT2D eigenvalue weighted by Crippen LogP contribution is 2.30. The van der Waals surface area contributed by atoms with E-state index in [0.29, 0.717) is 26.7 Å². The van der Waals surface area contributed by atoms with Crippen LogP contribution in [0.15, 0.2) is 91.0 Å². The van der Waals surface area contributed by atoms with E-state index in [0.717, 1.165) is 53.6 Å². The third-order valence-electron chi connectivity index (χ3n) is 8.27. The van der Waals surface area contributed by atoms with E-state index < -0.39 is 28.5 Å². The Morgan fingerprint density at radius 1 is 0.844 bits per heavy atom. The van der Waals surface area contributed by atoms with Gasteiger partial charge in [0.1, 0.15) is 12.6 Å². The molecule has 0 spiro atoms. The Bertz CT molecular complexity index is 1760. The fourth-order valence-corrected chi connectivity index (χ4v) is 7.14. The molecule has 10 heteroatoms. The summed E-state index contributed by atoms with van der Waals surface area (Å²) in [6.07, 6.45) is 6.31. The molecule has 0 unspecified atom stereocenters. The van der Waals surface area contributed by atoms with Gasteiger partial charge in [-0.25, -0.2) is 8.42 Å². The van der Waals surface area contributed by atoms with Gasteiger partial charge in [0.15, 0.2) is 0 Å². The van der Waals surface area contributed by atoms with Crippen molar-refractivity contribution in [2.45, 2.75) is 57.2 Å². The molecule has 236 valence electrons. The normalized spacial score (nSPS) is 14.6. The monoisotopic (exact) mass is 665 g/mol. The first-order valence-electron chi connectivity index (χ1n) is 15.1. The standard InChI is InChI=1S/C35H37Cl2N3O4S/c1-45(43,44)40(32-18-10-14-27-13-8-9-17-29(27)32)24-34(41)39(23-26-19-20-30(36)31(37)21-26)33(22-25-11-4-2-5-12-25)35(42)38-28-15-6-3-7-16-28/h2,4-5,8-14,17-21,28,33H,3,6-7,15-16,22-24H2,1H3,(H,38,42)/t33-/m0/s1. The number of nitrogens with one attached hydrogen (secondary N) is 1. The molecule has 1 aliphatic carbocycles. The van der Waals surface area contributed by atoms with Crippen molar-refractivity contribution in [2.75, 3.05) is 17.1 Å². The third kappa shape index (κ3) is 8.37. The van der Waals surface area contributed by atoms with Crippen LogP contribution in [0.1, 0.15) is 43.2 Å². The molecule has 1 saturated carbocycles. The number of hydrogen-bond acceptors (Lipinski definition) is 4. The number of fused-ring (bicyclic) bond motifs is 1. The van der Waals surface area contributed by atoms with Gasteiger partial charge >= 0.3 is 0 Å². The van der Waals surface area contributed by atoms with Gasteiger partial charge in [0.05, 0.1) is 22.0 Å². The van der Waals surface area contributed by atoms with Crippen LogP contribution in [0.5, 0.6) is 0 Å². The SMILES string of the molecule is CS(=O)(=O)N(CC(=O)N(Cc1ccc(Cl)c(Cl)c1)[C@@H](Cc1ccccc1)C(=O)NC1CCCCC1)c1cccc2ccccc12. The van der Waals surface area contributed by atoms with E-state index in [1.165, 1.54) is 4.90 Å². The summed E-state index contributed by atoms with van der Waals surface area (Å²) >= 11 is 12.5. The Morgan fingerprint density at radius 2 is 1.53 bits per heavy atom. The quantitative estimate of drug-likeness (QED) is 0.187. The van der Waals surface area contributed by atoms with E-state index in [1.807, 2.05) is 60.7 Å². The number of hydrogen-bond donors (Lipinski definition) is 1. The Labute approximate surface area is 275 Å². The molecule has 0 radical (unpaired) electrons. The van der Waals surface area contributed by atoms with Crippen molar-refractivity contribution in [3.05, 3.63) is 112 Å². The molecule has 4 aromatic rings. The minimum absolute atomic E-state index is 0.0228. The third-order valence-corrected chi connectivity index (χ3v) is 10.1. The first kappa shape index (κ1) is 32.8. The Morgan fingerprint density at radius 3 is 2.24 bits per heavy atom. The van der Waals surface area contributed by atoms with Crippen LogP contribution in [0.3, 0.4) is 0 Å². The molecule has 0 bridgehead atoms. The summed E-state index contributed by atoms with van der Waals surface area (Å²) in [6, 6.07) is 26.5. The molecule has 2 amide bonds. The molecular formula is C35H37Cl2N3O4S. The first-order valence-corrected chi connectivity index (χ1v) is 17.7. The maximum absolute atomic E-state index is 14.5. The lowest BCUT2D eigenvalue weighted by atomic mass is 9.94. The molecule has 1 aliphatic rings. The lowest BCUT2D eigenvalue weighted by Crippen LogP contribution is -2.55. The van der Waals surface area contributed by atoms with Gasteiger partial charge in [-0.3, -0.25) is 13.9 Å². The van der Waals surface area contributed by atoms with Gasteiger partial charge in [0.2, 0.25) is 21.8 Å². The summed E-state index contributed by atoms with van der Waals surface area (Å²) in [5, 5.41) is 5.44. The van der Waals surface area contributed by atoms with Gasteiger partial charge in [-0.2, -0.15) is 0 Å². The zero-order valence-electron chi connectivity index (χ0n) is 25.2. The van der Waals surface area contributed by atoms with Crippen LogP contribution < -0.4 is 9.62 Å². The average molecular weight is 667 g/mol. The van der Waals surface area contributed by atoms with Gasteiger partial charge < -0.3 is 10.2 Å². The minimum atomic E-state index is -3.90. The number of carbonyl (C=O) groups excluding carboxylic acids is 2. The Kier molecular flexibility index (Phi) is 10.7. The molecule has 0 aliphatic heterocycles. The predicted molar refractivity (Wildman–Crippen MR) is 182 cm³/mol. The van der Waals surface area contributed by atoms with Crippen molar-refractivity contribution in [1.82, 2.24) is 10.2 Å². The minimum Gasteiger partial charge on any atom is -0.352 e. The summed E-state index contributed by atoms with van der Waals surface area (Å²) in [7, 11) is -3.90. The van der Waals surface area contributed by atoms with Crippen molar-refractivity contribution < 1.29 is 18.0 Å². The van der Waals surface area contributed by atoms with Gasteiger partial charge in [0.25, 0.3) is 0 Å². The Hall–Kier alpha value is -3.59. The van der Waals surface area contributed by atoms with E-state index in [2.05, 4.69) is 5.32 Å². The van der Waals surface area contributed by atoms with E-state index in [1.54, 1.807) is 30.3 Å². The highest BCUT2D eigenvalue weighted by atomic mass is 35.5. The van der Waals surface area contributed by atoms with Crippen LogP contribution in [0.25, 0.3) is 10.8 Å². The number of rotatable bonds is 11. The molecule has 7 nitrogen and oxygen atoms in total. The largest absolute Gasteiger partial charge is 0.352 e. The summed E-state index contributed by atoms with van der Waals surface area (Å²) < 4.78 is 27.7. The van der Waals surface area contributed by atoms with Gasteiger partial charge in [-0.15, -0.1) is 0 Å². The van der Waals surface area contributed by atoms with Gasteiger partial charge in [-0.05, 0) is 47.6 Å². The summed E-state index contributed by atoms with van der Waals surface area (Å²) in [6.45, 7) is -0.464. The fourth-order valence-electron chi connectivity index (χ4n) is 5.95. The fraction of sp³-hybridized carbons (Fsp3) is 0.314. The van der Waals surface area contributed by atoms with E-state index in [9.17, 15) is 18.0 Å². The number of amides is 2. The molecule has 0 aromatic heterocycles. The first-order chi connectivity index (χ1) is 21.6.